The van der Waals surface area contributed by atoms with Crippen LogP contribution in [0.15, 0.2) is 56.5 Å². The first-order valence-corrected chi connectivity index (χ1v) is 11.4. The highest BCUT2D eigenvalue weighted by Gasteiger charge is 2.28. The summed E-state index contributed by atoms with van der Waals surface area (Å²) in [6, 6.07) is 10.9. The third kappa shape index (κ3) is 4.76. The number of rotatable bonds is 5. The van der Waals surface area contributed by atoms with Gasteiger partial charge in [-0.1, -0.05) is 6.07 Å². The van der Waals surface area contributed by atoms with E-state index in [0.717, 1.165) is 22.0 Å². The predicted molar refractivity (Wildman–Crippen MR) is 130 cm³/mol. The van der Waals surface area contributed by atoms with Crippen molar-refractivity contribution < 1.29 is 18.9 Å². The molecule has 0 radical (unpaired) electrons. The van der Waals surface area contributed by atoms with Crippen molar-refractivity contribution >= 4 is 44.8 Å². The molecule has 0 bridgehead atoms. The number of hydrazone groups is 1. The molecule has 1 heterocycles. The summed E-state index contributed by atoms with van der Waals surface area (Å²) >= 11 is 3.46. The highest BCUT2D eigenvalue weighted by Crippen LogP contribution is 2.31. The summed E-state index contributed by atoms with van der Waals surface area (Å²) in [5.74, 6) is -0.00227. The topological polar surface area (TPSA) is 127 Å². The Morgan fingerprint density at radius 2 is 1.82 bits per heavy atom. The fraction of sp³-hybridized carbons (Fsp3) is 0.208. The Morgan fingerprint density at radius 1 is 1.09 bits per heavy atom. The molecule has 0 aliphatic heterocycles. The van der Waals surface area contributed by atoms with E-state index < -0.39 is 10.8 Å². The van der Waals surface area contributed by atoms with E-state index in [1.165, 1.54) is 24.3 Å². The Kier molecular flexibility index (Phi) is 6.60. The molecule has 2 aromatic carbocycles. The SMILES string of the molecule is Cc1ccc(NC(=O)c2oc3c(c2C)/C(=N/NC(=O)c2ccc([N+](=O)[O-])cc2)CCC3)c(Br)c1. The lowest BCUT2D eigenvalue weighted by Gasteiger charge is -2.13. The van der Waals surface area contributed by atoms with E-state index in [1.54, 1.807) is 6.92 Å². The van der Waals surface area contributed by atoms with Crippen molar-refractivity contribution in [3.05, 3.63) is 90.8 Å². The number of furan rings is 1. The van der Waals surface area contributed by atoms with Crippen LogP contribution in [0.5, 0.6) is 0 Å². The van der Waals surface area contributed by atoms with Crippen molar-refractivity contribution in [3.8, 4) is 0 Å². The number of nitrogens with one attached hydrogen (secondary N) is 2. The molecule has 0 fully saturated rings. The Balaban J connectivity index is 1.54. The third-order valence-corrected chi connectivity index (χ3v) is 6.19. The van der Waals surface area contributed by atoms with Gasteiger partial charge in [-0.15, -0.1) is 0 Å². The van der Waals surface area contributed by atoms with Crippen LogP contribution in [0.1, 0.15) is 56.2 Å². The summed E-state index contributed by atoms with van der Waals surface area (Å²) in [5.41, 5.74) is 6.35. The number of nitro benzene ring substituents is 1. The maximum atomic E-state index is 12.9. The molecule has 0 unspecified atom stereocenters. The fourth-order valence-electron chi connectivity index (χ4n) is 3.81. The van der Waals surface area contributed by atoms with E-state index in [9.17, 15) is 19.7 Å². The van der Waals surface area contributed by atoms with Crippen molar-refractivity contribution in [2.75, 3.05) is 5.32 Å². The van der Waals surface area contributed by atoms with Gasteiger partial charge in [-0.3, -0.25) is 19.7 Å². The number of carbonyl (C=O) groups excluding carboxylic acids is 2. The fourth-order valence-corrected chi connectivity index (χ4v) is 4.41. The van der Waals surface area contributed by atoms with Crippen molar-refractivity contribution in [2.24, 2.45) is 5.10 Å². The zero-order chi connectivity index (χ0) is 24.4. The third-order valence-electron chi connectivity index (χ3n) is 5.54. The average molecular weight is 525 g/mol. The van der Waals surface area contributed by atoms with E-state index in [4.69, 9.17) is 4.42 Å². The number of hydrogen-bond acceptors (Lipinski definition) is 6. The predicted octanol–water partition coefficient (Wildman–Crippen LogP) is 5.29. The molecule has 3 aromatic rings. The first kappa shape index (κ1) is 23.4. The van der Waals surface area contributed by atoms with Gasteiger partial charge < -0.3 is 9.73 Å². The van der Waals surface area contributed by atoms with Gasteiger partial charge in [-0.05, 0) is 72.4 Å². The molecular weight excluding hydrogens is 504 g/mol. The van der Waals surface area contributed by atoms with Gasteiger partial charge in [0.25, 0.3) is 17.5 Å². The normalized spacial score (nSPS) is 13.9. The molecule has 0 saturated heterocycles. The number of aryl methyl sites for hydroxylation is 2. The molecule has 2 amide bonds. The molecule has 34 heavy (non-hydrogen) atoms. The van der Waals surface area contributed by atoms with E-state index in [1.807, 2.05) is 25.1 Å². The van der Waals surface area contributed by atoms with Crippen LogP contribution in [0.2, 0.25) is 0 Å². The van der Waals surface area contributed by atoms with Crippen LogP contribution in [0.25, 0.3) is 0 Å². The summed E-state index contributed by atoms with van der Waals surface area (Å²) in [4.78, 5) is 35.7. The summed E-state index contributed by atoms with van der Waals surface area (Å²) in [6.45, 7) is 3.75. The van der Waals surface area contributed by atoms with Crippen molar-refractivity contribution in [2.45, 2.75) is 33.1 Å². The van der Waals surface area contributed by atoms with Gasteiger partial charge in [0.2, 0.25) is 0 Å². The molecule has 0 saturated carbocycles. The molecule has 4 rings (SSSR count). The maximum absolute atomic E-state index is 12.9. The van der Waals surface area contributed by atoms with Crippen LogP contribution in [-0.4, -0.2) is 22.4 Å². The number of anilines is 1. The number of amides is 2. The Labute approximate surface area is 203 Å². The zero-order valence-electron chi connectivity index (χ0n) is 18.5. The zero-order valence-corrected chi connectivity index (χ0v) is 20.1. The number of non-ortho nitro benzene ring substituents is 1. The molecule has 174 valence electrons. The van der Waals surface area contributed by atoms with E-state index in [-0.39, 0.29) is 22.9 Å². The van der Waals surface area contributed by atoms with Gasteiger partial charge in [0.15, 0.2) is 5.76 Å². The largest absolute Gasteiger partial charge is 0.455 e. The first-order chi connectivity index (χ1) is 16.2. The summed E-state index contributed by atoms with van der Waals surface area (Å²) < 4.78 is 6.68. The van der Waals surface area contributed by atoms with E-state index in [2.05, 4.69) is 31.8 Å². The van der Waals surface area contributed by atoms with Crippen LogP contribution in [-0.2, 0) is 6.42 Å². The standard InChI is InChI=1S/C24H21BrN4O5/c1-13-6-11-18(17(25)12-13)26-24(31)22-14(2)21-19(4-3-5-20(21)34-22)27-28-23(30)15-7-9-16(10-8-15)29(32)33/h6-12H,3-5H2,1-2H3,(H,26,31)(H,28,30)/b27-19+. The highest BCUT2D eigenvalue weighted by molar-refractivity contribution is 9.10. The average Bonchev–Trinajstić information content (AvgIpc) is 3.16. The molecule has 2 N–H and O–H groups in total. The molecule has 1 aliphatic carbocycles. The lowest BCUT2D eigenvalue weighted by molar-refractivity contribution is -0.384. The number of fused-ring (bicyclic) bond motifs is 1. The van der Waals surface area contributed by atoms with Gasteiger partial charge in [0.05, 0.1) is 16.3 Å². The second-order valence-corrected chi connectivity index (χ2v) is 8.80. The second-order valence-electron chi connectivity index (χ2n) is 7.95. The van der Waals surface area contributed by atoms with Gasteiger partial charge in [-0.25, -0.2) is 5.43 Å². The van der Waals surface area contributed by atoms with E-state index in [0.29, 0.717) is 35.6 Å². The number of carbonyl (C=O) groups is 2. The van der Waals surface area contributed by atoms with Gasteiger partial charge >= 0.3 is 0 Å². The highest BCUT2D eigenvalue weighted by atomic mass is 79.9. The Bertz CT molecular complexity index is 1330. The lowest BCUT2D eigenvalue weighted by atomic mass is 9.93. The number of hydrogen-bond donors (Lipinski definition) is 2. The van der Waals surface area contributed by atoms with Gasteiger partial charge in [0, 0.05) is 39.7 Å². The molecule has 1 aromatic heterocycles. The van der Waals surface area contributed by atoms with Crippen LogP contribution in [0.4, 0.5) is 11.4 Å². The molecule has 0 atom stereocenters. The Hall–Kier alpha value is -3.79. The first-order valence-electron chi connectivity index (χ1n) is 10.6. The maximum Gasteiger partial charge on any atom is 0.291 e. The molecule has 1 aliphatic rings. The van der Waals surface area contributed by atoms with E-state index >= 15 is 0 Å². The minimum atomic E-state index is -0.529. The van der Waals surface area contributed by atoms with Crippen LogP contribution in [0.3, 0.4) is 0 Å². The number of benzene rings is 2. The minimum Gasteiger partial charge on any atom is -0.455 e. The number of halogens is 1. The minimum absolute atomic E-state index is 0.0997. The van der Waals surface area contributed by atoms with Crippen molar-refractivity contribution in [1.82, 2.24) is 5.43 Å². The van der Waals surface area contributed by atoms with Crippen molar-refractivity contribution in [1.29, 1.82) is 0 Å². The number of nitrogens with zero attached hydrogens (tertiary/aromatic N) is 2. The molecular formula is C24H21BrN4O5. The second kappa shape index (κ2) is 9.60. The Morgan fingerprint density at radius 3 is 2.50 bits per heavy atom. The van der Waals surface area contributed by atoms with Crippen molar-refractivity contribution in [3.63, 3.8) is 0 Å². The molecule has 0 spiro atoms. The molecule has 10 heteroatoms. The van der Waals surface area contributed by atoms with Crippen LogP contribution < -0.4 is 10.7 Å². The quantitative estimate of drug-likeness (QED) is 0.346. The summed E-state index contributed by atoms with van der Waals surface area (Å²) in [5, 5.41) is 17.9. The van der Waals surface area contributed by atoms with Gasteiger partial charge in [-0.2, -0.15) is 5.10 Å². The smallest absolute Gasteiger partial charge is 0.291 e. The molecule has 9 nitrogen and oxygen atoms in total. The lowest BCUT2D eigenvalue weighted by Crippen LogP contribution is -2.22. The van der Waals surface area contributed by atoms with Crippen LogP contribution in [0, 0.1) is 24.0 Å². The summed E-state index contributed by atoms with van der Waals surface area (Å²) in [6.07, 6.45) is 2.03. The van der Waals surface area contributed by atoms with Crippen LogP contribution >= 0.6 is 15.9 Å². The van der Waals surface area contributed by atoms with Gasteiger partial charge in [0.1, 0.15) is 5.76 Å². The monoisotopic (exact) mass is 524 g/mol. The summed E-state index contributed by atoms with van der Waals surface area (Å²) in [7, 11) is 0. The number of nitro groups is 1.